The number of hydrogen-bond acceptors (Lipinski definition) is 2. The fourth-order valence-corrected chi connectivity index (χ4v) is 3.84. The van der Waals surface area contributed by atoms with Crippen molar-refractivity contribution in [2.24, 2.45) is 0 Å². The smallest absolute Gasteiger partial charge is 0.0567 e. The topological polar surface area (TPSA) is 3.24 Å². The van der Waals surface area contributed by atoms with Gasteiger partial charge in [-0.05, 0) is 36.8 Å². The predicted octanol–water partition coefficient (Wildman–Crippen LogP) is 5.77. The molecule has 3 rings (SSSR count). The molecule has 0 amide bonds. The number of alkyl halides is 1. The summed E-state index contributed by atoms with van der Waals surface area (Å²) in [6.07, 6.45) is 1.17. The number of halogens is 2. The molecule has 0 N–H and O–H groups in total. The van der Waals surface area contributed by atoms with Crippen LogP contribution in [0.25, 0.3) is 0 Å². The fraction of sp³-hybridized carbons (Fsp3) is 0.200. The van der Waals surface area contributed by atoms with E-state index in [4.69, 9.17) is 11.6 Å². The number of fused-ring (bicyclic) bond motifs is 2. The molecular weight excluding hydrogens is 389 g/mol. The molecule has 0 unspecified atom stereocenters. The highest BCUT2D eigenvalue weighted by atomic mass is 127. The molecule has 0 saturated carbocycles. The standard InChI is InChI=1S/C15H13ClINS/c16-11-6-7-15-13(10-11)18(9-3-8-17)12-4-1-2-5-14(12)19-15/h1-2,4-7,10H,3,8-9H2. The van der Waals surface area contributed by atoms with E-state index in [0.717, 1.165) is 11.6 Å². The molecule has 1 nitrogen and oxygen atoms in total. The first kappa shape index (κ1) is 13.6. The minimum Gasteiger partial charge on any atom is -0.340 e. The molecule has 4 heteroatoms. The Kier molecular flexibility index (Phi) is 4.24. The largest absolute Gasteiger partial charge is 0.340 e. The number of hydrogen-bond donors (Lipinski definition) is 0. The Morgan fingerprint density at radius 2 is 1.84 bits per heavy atom. The number of rotatable bonds is 3. The molecule has 0 radical (unpaired) electrons. The molecule has 0 fully saturated rings. The molecular formula is C15H13ClINS. The molecule has 2 aromatic carbocycles. The summed E-state index contributed by atoms with van der Waals surface area (Å²) in [4.78, 5) is 5.01. The van der Waals surface area contributed by atoms with Gasteiger partial charge in [0.05, 0.1) is 11.4 Å². The Morgan fingerprint density at radius 3 is 2.68 bits per heavy atom. The van der Waals surface area contributed by atoms with Crippen LogP contribution in [0.2, 0.25) is 5.02 Å². The number of anilines is 2. The zero-order valence-corrected chi connectivity index (χ0v) is 14.0. The van der Waals surface area contributed by atoms with Crippen molar-refractivity contribution in [3.05, 3.63) is 47.5 Å². The summed E-state index contributed by atoms with van der Waals surface area (Å²) < 4.78 is 1.17. The maximum absolute atomic E-state index is 6.17. The van der Waals surface area contributed by atoms with Crippen LogP contribution in [0.5, 0.6) is 0 Å². The molecule has 1 heterocycles. The third-order valence-electron chi connectivity index (χ3n) is 3.10. The van der Waals surface area contributed by atoms with Gasteiger partial charge < -0.3 is 4.90 Å². The van der Waals surface area contributed by atoms with E-state index in [-0.39, 0.29) is 0 Å². The Hall–Kier alpha value is -0.390. The van der Waals surface area contributed by atoms with Crippen molar-refractivity contribution in [3.8, 4) is 0 Å². The maximum atomic E-state index is 6.17. The van der Waals surface area contributed by atoms with Crippen LogP contribution in [0.15, 0.2) is 52.3 Å². The lowest BCUT2D eigenvalue weighted by atomic mass is 10.2. The number of nitrogens with zero attached hydrogens (tertiary/aromatic N) is 1. The van der Waals surface area contributed by atoms with Crippen LogP contribution in [0.1, 0.15) is 6.42 Å². The van der Waals surface area contributed by atoms with Gasteiger partial charge >= 0.3 is 0 Å². The van der Waals surface area contributed by atoms with Crippen LogP contribution >= 0.6 is 46.0 Å². The molecule has 0 atom stereocenters. The number of benzene rings is 2. The zero-order chi connectivity index (χ0) is 13.2. The van der Waals surface area contributed by atoms with E-state index >= 15 is 0 Å². The highest BCUT2D eigenvalue weighted by molar-refractivity contribution is 14.1. The summed E-state index contributed by atoms with van der Waals surface area (Å²) in [5.74, 6) is 0. The Bertz CT molecular complexity index is 602. The molecule has 98 valence electrons. The van der Waals surface area contributed by atoms with Gasteiger partial charge in [-0.15, -0.1) is 0 Å². The lowest BCUT2D eigenvalue weighted by molar-refractivity contribution is 0.881. The van der Waals surface area contributed by atoms with Crippen LogP contribution in [-0.4, -0.2) is 11.0 Å². The summed E-state index contributed by atoms with van der Waals surface area (Å²) in [6, 6.07) is 14.8. The van der Waals surface area contributed by atoms with Crippen LogP contribution < -0.4 is 4.90 Å². The zero-order valence-electron chi connectivity index (χ0n) is 10.3. The van der Waals surface area contributed by atoms with Gasteiger partial charge in [0.15, 0.2) is 0 Å². The van der Waals surface area contributed by atoms with Gasteiger partial charge in [-0.2, -0.15) is 0 Å². The van der Waals surface area contributed by atoms with E-state index < -0.39 is 0 Å². The molecule has 0 spiro atoms. The molecule has 0 aliphatic carbocycles. The maximum Gasteiger partial charge on any atom is 0.0567 e. The average molecular weight is 402 g/mol. The minimum absolute atomic E-state index is 0.804. The lowest BCUT2D eigenvalue weighted by Crippen LogP contribution is -2.22. The fourth-order valence-electron chi connectivity index (χ4n) is 2.26. The lowest BCUT2D eigenvalue weighted by Gasteiger charge is -2.32. The van der Waals surface area contributed by atoms with Crippen molar-refractivity contribution >= 4 is 57.3 Å². The second-order valence-electron chi connectivity index (χ2n) is 4.38. The molecule has 2 aromatic rings. The van der Waals surface area contributed by atoms with Gasteiger partial charge in [-0.25, -0.2) is 0 Å². The van der Waals surface area contributed by atoms with Crippen molar-refractivity contribution in [1.29, 1.82) is 0 Å². The third-order valence-corrected chi connectivity index (χ3v) is 5.23. The second-order valence-corrected chi connectivity index (χ2v) is 6.97. The minimum atomic E-state index is 0.804. The SMILES string of the molecule is Clc1ccc2c(c1)N(CCCI)c1ccccc1S2. The van der Waals surface area contributed by atoms with Crippen molar-refractivity contribution in [2.75, 3.05) is 15.9 Å². The van der Waals surface area contributed by atoms with Crippen molar-refractivity contribution in [1.82, 2.24) is 0 Å². The highest BCUT2D eigenvalue weighted by Gasteiger charge is 2.22. The second kappa shape index (κ2) is 5.94. The first-order chi connectivity index (χ1) is 9.29. The Balaban J connectivity index is 2.08. The van der Waals surface area contributed by atoms with E-state index in [2.05, 4.69) is 63.9 Å². The quantitative estimate of drug-likeness (QED) is 0.474. The molecule has 0 bridgehead atoms. The summed E-state index contributed by atoms with van der Waals surface area (Å²) >= 11 is 10.4. The third kappa shape index (κ3) is 2.73. The van der Waals surface area contributed by atoms with Crippen molar-refractivity contribution in [3.63, 3.8) is 0 Å². The van der Waals surface area contributed by atoms with Gasteiger partial charge in [0.2, 0.25) is 0 Å². The summed E-state index contributed by atoms with van der Waals surface area (Å²) in [6.45, 7) is 1.04. The monoisotopic (exact) mass is 401 g/mol. The van der Waals surface area contributed by atoms with Gasteiger partial charge in [0, 0.05) is 25.8 Å². The van der Waals surface area contributed by atoms with Crippen LogP contribution in [-0.2, 0) is 0 Å². The molecule has 1 aliphatic rings. The molecule has 0 saturated heterocycles. The number of para-hydroxylation sites is 1. The van der Waals surface area contributed by atoms with Gasteiger partial charge in [0.1, 0.15) is 0 Å². The summed E-state index contributed by atoms with van der Waals surface area (Å²) in [7, 11) is 0. The van der Waals surface area contributed by atoms with Crippen molar-refractivity contribution in [2.45, 2.75) is 16.2 Å². The van der Waals surface area contributed by atoms with E-state index in [1.807, 2.05) is 17.8 Å². The predicted molar refractivity (Wildman–Crippen MR) is 92.5 cm³/mol. The van der Waals surface area contributed by atoms with Crippen LogP contribution in [0.3, 0.4) is 0 Å². The molecule has 19 heavy (non-hydrogen) atoms. The summed E-state index contributed by atoms with van der Waals surface area (Å²) in [5, 5.41) is 0.804. The Morgan fingerprint density at radius 1 is 1.05 bits per heavy atom. The normalized spacial score (nSPS) is 13.1. The first-order valence-electron chi connectivity index (χ1n) is 6.19. The van der Waals surface area contributed by atoms with Crippen LogP contribution in [0, 0.1) is 0 Å². The molecule has 1 aliphatic heterocycles. The van der Waals surface area contributed by atoms with Crippen molar-refractivity contribution < 1.29 is 0 Å². The van der Waals surface area contributed by atoms with E-state index in [1.165, 1.54) is 32.0 Å². The average Bonchev–Trinajstić information content (AvgIpc) is 2.44. The first-order valence-corrected chi connectivity index (χ1v) is 8.91. The van der Waals surface area contributed by atoms with Gasteiger partial charge in [-0.1, -0.05) is 58.1 Å². The summed E-state index contributed by atoms with van der Waals surface area (Å²) in [5.41, 5.74) is 2.54. The Labute approximate surface area is 136 Å². The van der Waals surface area contributed by atoms with E-state index in [0.29, 0.717) is 0 Å². The van der Waals surface area contributed by atoms with E-state index in [9.17, 15) is 0 Å². The van der Waals surface area contributed by atoms with Gasteiger partial charge in [-0.3, -0.25) is 0 Å². The molecule has 0 aromatic heterocycles. The van der Waals surface area contributed by atoms with Gasteiger partial charge in [0.25, 0.3) is 0 Å². The van der Waals surface area contributed by atoms with E-state index in [1.54, 1.807) is 0 Å². The highest BCUT2D eigenvalue weighted by Crippen LogP contribution is 2.48. The van der Waals surface area contributed by atoms with Crippen LogP contribution in [0.4, 0.5) is 11.4 Å².